The van der Waals surface area contributed by atoms with Crippen molar-refractivity contribution in [3.05, 3.63) is 40.1 Å². The van der Waals surface area contributed by atoms with Gasteiger partial charge in [-0.05, 0) is 19.1 Å². The first-order valence-corrected chi connectivity index (χ1v) is 5.66. The van der Waals surface area contributed by atoms with Gasteiger partial charge in [-0.1, -0.05) is 0 Å². The zero-order valence-corrected chi connectivity index (χ0v) is 9.51. The molecule has 84 valence electrons. The van der Waals surface area contributed by atoms with Crippen molar-refractivity contribution in [3.8, 4) is 5.75 Å². The van der Waals surface area contributed by atoms with Gasteiger partial charge in [-0.15, -0.1) is 11.3 Å². The van der Waals surface area contributed by atoms with E-state index >= 15 is 0 Å². The van der Waals surface area contributed by atoms with Crippen LogP contribution in [0.1, 0.15) is 10.6 Å². The van der Waals surface area contributed by atoms with E-state index in [9.17, 15) is 4.39 Å². The van der Waals surface area contributed by atoms with Crippen LogP contribution in [0.4, 0.5) is 10.1 Å². The molecule has 2 aromatic rings. The van der Waals surface area contributed by atoms with Crippen LogP contribution in [-0.2, 0) is 6.54 Å². The Morgan fingerprint density at radius 3 is 2.94 bits per heavy atom. The second kappa shape index (κ2) is 4.49. The molecule has 0 aliphatic carbocycles. The number of anilines is 1. The Labute approximate surface area is 96.6 Å². The second-order valence-electron chi connectivity index (χ2n) is 3.38. The minimum atomic E-state index is -0.619. The Kier molecular flexibility index (Phi) is 3.05. The summed E-state index contributed by atoms with van der Waals surface area (Å²) in [4.78, 5) is 5.24. The van der Waals surface area contributed by atoms with Crippen molar-refractivity contribution in [1.82, 2.24) is 4.98 Å². The monoisotopic (exact) mass is 238 g/mol. The van der Waals surface area contributed by atoms with E-state index < -0.39 is 5.82 Å². The van der Waals surface area contributed by atoms with Crippen LogP contribution in [0.3, 0.4) is 0 Å². The lowest BCUT2D eigenvalue weighted by Gasteiger charge is -2.05. The van der Waals surface area contributed by atoms with Crippen LogP contribution in [0.2, 0.25) is 0 Å². The molecule has 5 heteroatoms. The van der Waals surface area contributed by atoms with Crippen molar-refractivity contribution < 1.29 is 9.50 Å². The molecule has 0 unspecified atom stereocenters. The molecular weight excluding hydrogens is 227 g/mol. The molecule has 0 aliphatic heterocycles. The van der Waals surface area contributed by atoms with Gasteiger partial charge < -0.3 is 10.4 Å². The number of thiazole rings is 1. The van der Waals surface area contributed by atoms with E-state index in [1.54, 1.807) is 22.9 Å². The van der Waals surface area contributed by atoms with Crippen LogP contribution in [0.25, 0.3) is 0 Å². The quantitative estimate of drug-likeness (QED) is 0.808. The number of nitrogens with one attached hydrogen (secondary N) is 1. The number of phenolic OH excluding ortho intramolecular Hbond substituents is 1. The first kappa shape index (κ1) is 10.9. The number of aryl methyl sites for hydroxylation is 1. The zero-order chi connectivity index (χ0) is 11.5. The highest BCUT2D eigenvalue weighted by atomic mass is 32.1. The van der Waals surface area contributed by atoms with Gasteiger partial charge in [0.1, 0.15) is 0 Å². The number of nitrogens with zero attached hydrogens (tertiary/aromatic N) is 1. The summed E-state index contributed by atoms with van der Waals surface area (Å²) >= 11 is 1.56. The summed E-state index contributed by atoms with van der Waals surface area (Å²) in [7, 11) is 0. The number of hydrogen-bond donors (Lipinski definition) is 2. The average Bonchev–Trinajstić information content (AvgIpc) is 2.66. The summed E-state index contributed by atoms with van der Waals surface area (Å²) in [6.45, 7) is 2.55. The number of aromatic hydroxyl groups is 1. The summed E-state index contributed by atoms with van der Waals surface area (Å²) in [6, 6.07) is 4.23. The first-order valence-electron chi connectivity index (χ1n) is 4.78. The highest BCUT2D eigenvalue weighted by Crippen LogP contribution is 2.21. The summed E-state index contributed by atoms with van der Waals surface area (Å²) in [5.41, 5.74) is 3.41. The Hall–Kier alpha value is -1.62. The van der Waals surface area contributed by atoms with E-state index in [-0.39, 0.29) is 5.75 Å². The highest BCUT2D eigenvalue weighted by molar-refractivity contribution is 7.09. The number of rotatable bonds is 3. The Balaban J connectivity index is 2.05. The number of aromatic nitrogens is 1. The fourth-order valence-corrected chi connectivity index (χ4v) is 2.01. The summed E-state index contributed by atoms with van der Waals surface area (Å²) in [5, 5.41) is 12.1. The van der Waals surface area contributed by atoms with Crippen LogP contribution in [0, 0.1) is 12.7 Å². The number of benzene rings is 1. The fraction of sp³-hybridized carbons (Fsp3) is 0.182. The van der Waals surface area contributed by atoms with Gasteiger partial charge in [0, 0.05) is 16.6 Å². The lowest BCUT2D eigenvalue weighted by molar-refractivity contribution is 0.432. The Bertz CT molecular complexity index is 498. The Morgan fingerprint density at radius 1 is 1.50 bits per heavy atom. The van der Waals surface area contributed by atoms with Gasteiger partial charge in [-0.2, -0.15) is 0 Å². The zero-order valence-electron chi connectivity index (χ0n) is 8.70. The van der Waals surface area contributed by atoms with Gasteiger partial charge in [0.25, 0.3) is 0 Å². The molecule has 3 nitrogen and oxygen atoms in total. The third-order valence-corrected chi connectivity index (χ3v) is 3.18. The standard InChI is InChI=1S/C11H11FN2OS/c1-7-11(16-6-14-7)5-13-8-2-3-10(15)9(12)4-8/h2-4,6,13,15H,5H2,1H3. The van der Waals surface area contributed by atoms with Crippen molar-refractivity contribution in [1.29, 1.82) is 0 Å². The van der Waals surface area contributed by atoms with E-state index in [1.807, 2.05) is 6.92 Å². The molecule has 1 aromatic carbocycles. The van der Waals surface area contributed by atoms with Crippen LogP contribution >= 0.6 is 11.3 Å². The maximum absolute atomic E-state index is 13.0. The van der Waals surface area contributed by atoms with Gasteiger partial charge in [-0.25, -0.2) is 9.37 Å². The van der Waals surface area contributed by atoms with Gasteiger partial charge in [0.05, 0.1) is 17.7 Å². The van der Waals surface area contributed by atoms with Crippen molar-refractivity contribution in [3.63, 3.8) is 0 Å². The van der Waals surface area contributed by atoms with Gasteiger partial charge in [0.2, 0.25) is 0 Å². The first-order chi connectivity index (χ1) is 7.66. The van der Waals surface area contributed by atoms with E-state index in [2.05, 4.69) is 10.3 Å². The minimum Gasteiger partial charge on any atom is -0.505 e. The molecule has 0 radical (unpaired) electrons. The van der Waals surface area contributed by atoms with Crippen molar-refractivity contribution in [2.24, 2.45) is 0 Å². The van der Waals surface area contributed by atoms with Gasteiger partial charge in [-0.3, -0.25) is 0 Å². The molecule has 0 fully saturated rings. The maximum Gasteiger partial charge on any atom is 0.166 e. The number of hydrogen-bond acceptors (Lipinski definition) is 4. The molecule has 1 heterocycles. The molecule has 0 bridgehead atoms. The lowest BCUT2D eigenvalue weighted by atomic mass is 10.3. The highest BCUT2D eigenvalue weighted by Gasteiger charge is 2.03. The van der Waals surface area contributed by atoms with E-state index in [0.29, 0.717) is 12.2 Å². The lowest BCUT2D eigenvalue weighted by Crippen LogP contribution is -1.99. The number of phenols is 1. The maximum atomic E-state index is 13.0. The third kappa shape index (κ3) is 2.30. The van der Waals surface area contributed by atoms with Crippen LogP contribution in [-0.4, -0.2) is 10.1 Å². The topological polar surface area (TPSA) is 45.2 Å². The van der Waals surface area contributed by atoms with Crippen LogP contribution in [0.5, 0.6) is 5.75 Å². The predicted molar refractivity (Wildman–Crippen MR) is 62.2 cm³/mol. The second-order valence-corrected chi connectivity index (χ2v) is 4.32. The van der Waals surface area contributed by atoms with Crippen LogP contribution < -0.4 is 5.32 Å². The normalized spacial score (nSPS) is 10.4. The molecule has 0 saturated carbocycles. The van der Waals surface area contributed by atoms with E-state index in [4.69, 9.17) is 5.11 Å². The van der Waals surface area contributed by atoms with Crippen molar-refractivity contribution in [2.75, 3.05) is 5.32 Å². The fourth-order valence-electron chi connectivity index (χ4n) is 1.30. The van der Waals surface area contributed by atoms with Crippen molar-refractivity contribution in [2.45, 2.75) is 13.5 Å². The molecule has 0 saturated heterocycles. The summed E-state index contributed by atoms with van der Waals surface area (Å²) in [5.74, 6) is -0.953. The molecule has 0 spiro atoms. The summed E-state index contributed by atoms with van der Waals surface area (Å²) < 4.78 is 13.0. The van der Waals surface area contributed by atoms with Crippen molar-refractivity contribution >= 4 is 17.0 Å². The molecule has 1 aromatic heterocycles. The SMILES string of the molecule is Cc1ncsc1CNc1ccc(O)c(F)c1. The van der Waals surface area contributed by atoms with Crippen LogP contribution in [0.15, 0.2) is 23.7 Å². The summed E-state index contributed by atoms with van der Waals surface area (Å²) in [6.07, 6.45) is 0. The minimum absolute atomic E-state index is 0.334. The molecular formula is C11H11FN2OS. The molecule has 0 atom stereocenters. The molecule has 0 amide bonds. The van der Waals surface area contributed by atoms with E-state index in [0.717, 1.165) is 10.6 Å². The molecule has 2 N–H and O–H groups in total. The van der Waals surface area contributed by atoms with E-state index in [1.165, 1.54) is 12.1 Å². The smallest absolute Gasteiger partial charge is 0.166 e. The Morgan fingerprint density at radius 2 is 2.31 bits per heavy atom. The number of halogens is 1. The average molecular weight is 238 g/mol. The largest absolute Gasteiger partial charge is 0.505 e. The molecule has 16 heavy (non-hydrogen) atoms. The third-order valence-electron chi connectivity index (χ3n) is 2.25. The molecule has 2 rings (SSSR count). The van der Waals surface area contributed by atoms with Gasteiger partial charge >= 0.3 is 0 Å². The van der Waals surface area contributed by atoms with Gasteiger partial charge in [0.15, 0.2) is 11.6 Å². The molecule has 0 aliphatic rings. The predicted octanol–water partition coefficient (Wildman–Crippen LogP) is 2.91.